The van der Waals surface area contributed by atoms with Gasteiger partial charge in [0.25, 0.3) is 5.91 Å². The fourth-order valence-corrected chi connectivity index (χ4v) is 3.33. The number of amides is 1. The van der Waals surface area contributed by atoms with E-state index in [9.17, 15) is 4.79 Å². The highest BCUT2D eigenvalue weighted by molar-refractivity contribution is 6.37. The Kier molecular flexibility index (Phi) is 9.08. The molecule has 27 heavy (non-hydrogen) atoms. The van der Waals surface area contributed by atoms with Crippen molar-refractivity contribution in [2.75, 3.05) is 31.5 Å². The maximum Gasteiger partial charge on any atom is 0.257 e. The quantitative estimate of drug-likeness (QED) is 0.540. The molecule has 0 aliphatic heterocycles. The van der Waals surface area contributed by atoms with Crippen LogP contribution >= 0.6 is 23.2 Å². The summed E-state index contributed by atoms with van der Waals surface area (Å²) in [7, 11) is 0. The highest BCUT2D eigenvalue weighted by Gasteiger charge is 2.11. The van der Waals surface area contributed by atoms with Crippen LogP contribution in [0.3, 0.4) is 0 Å². The molecule has 0 radical (unpaired) electrons. The number of hydrogen-bond donors (Lipinski definition) is 2. The number of carbonyl (C=O) groups excluding carboxylic acids is 1. The first-order valence-electron chi connectivity index (χ1n) is 9.32. The van der Waals surface area contributed by atoms with Crippen LogP contribution in [0.4, 0.5) is 5.69 Å². The van der Waals surface area contributed by atoms with Gasteiger partial charge in [-0.15, -0.1) is 0 Å². The van der Waals surface area contributed by atoms with E-state index < -0.39 is 0 Å². The lowest BCUT2D eigenvalue weighted by atomic mass is 10.1. The molecule has 0 atom stereocenters. The summed E-state index contributed by atoms with van der Waals surface area (Å²) in [4.78, 5) is 14.8. The average Bonchev–Trinajstić information content (AvgIpc) is 2.65. The summed E-state index contributed by atoms with van der Waals surface area (Å²) in [6.07, 6.45) is 1.12. The topological polar surface area (TPSA) is 44.4 Å². The van der Waals surface area contributed by atoms with Crippen molar-refractivity contribution >= 4 is 34.8 Å². The summed E-state index contributed by atoms with van der Waals surface area (Å²) in [6.45, 7) is 9.41. The zero-order valence-corrected chi connectivity index (χ0v) is 17.4. The monoisotopic (exact) mass is 407 g/mol. The third-order valence-electron chi connectivity index (χ3n) is 4.41. The second kappa shape index (κ2) is 11.3. The molecule has 2 aromatic rings. The van der Waals surface area contributed by atoms with Crippen LogP contribution in [0.1, 0.15) is 36.2 Å². The number of halogens is 2. The number of rotatable bonds is 10. The molecule has 0 aliphatic rings. The van der Waals surface area contributed by atoms with Crippen LogP contribution in [-0.4, -0.2) is 37.0 Å². The minimum absolute atomic E-state index is 0.249. The lowest BCUT2D eigenvalue weighted by molar-refractivity contribution is 0.102. The van der Waals surface area contributed by atoms with Crippen molar-refractivity contribution in [2.45, 2.75) is 26.8 Å². The molecule has 0 saturated carbocycles. The van der Waals surface area contributed by atoms with Crippen molar-refractivity contribution in [2.24, 2.45) is 0 Å². The van der Waals surface area contributed by atoms with Crippen molar-refractivity contribution in [3.63, 3.8) is 0 Å². The summed E-state index contributed by atoms with van der Waals surface area (Å²) >= 11 is 12.0. The third-order valence-corrected chi connectivity index (χ3v) is 4.96. The molecule has 0 fully saturated rings. The average molecular weight is 408 g/mol. The predicted molar refractivity (Wildman–Crippen MR) is 115 cm³/mol. The van der Waals surface area contributed by atoms with Gasteiger partial charge < -0.3 is 15.5 Å². The van der Waals surface area contributed by atoms with Gasteiger partial charge in [0.05, 0.1) is 10.6 Å². The van der Waals surface area contributed by atoms with Crippen LogP contribution in [0.15, 0.2) is 42.5 Å². The van der Waals surface area contributed by atoms with Crippen LogP contribution in [0, 0.1) is 0 Å². The molecular formula is C21H27Cl2N3O. The van der Waals surface area contributed by atoms with Gasteiger partial charge in [-0.2, -0.15) is 0 Å². The molecule has 2 N–H and O–H groups in total. The van der Waals surface area contributed by atoms with E-state index in [1.54, 1.807) is 18.2 Å². The first-order chi connectivity index (χ1) is 13.0. The molecule has 4 nitrogen and oxygen atoms in total. The Morgan fingerprint density at radius 3 is 2.56 bits per heavy atom. The Bertz CT molecular complexity index is 748. The van der Waals surface area contributed by atoms with Gasteiger partial charge in [0.1, 0.15) is 0 Å². The van der Waals surface area contributed by atoms with E-state index in [4.69, 9.17) is 23.2 Å². The predicted octanol–water partition coefficient (Wildman–Crippen LogP) is 5.07. The van der Waals surface area contributed by atoms with E-state index in [1.807, 2.05) is 24.3 Å². The van der Waals surface area contributed by atoms with Gasteiger partial charge in [0.15, 0.2) is 0 Å². The molecule has 6 heteroatoms. The summed E-state index contributed by atoms with van der Waals surface area (Å²) in [5, 5.41) is 7.19. The Morgan fingerprint density at radius 2 is 1.85 bits per heavy atom. The van der Waals surface area contributed by atoms with E-state index in [1.165, 1.54) is 0 Å². The van der Waals surface area contributed by atoms with E-state index in [-0.39, 0.29) is 5.91 Å². The van der Waals surface area contributed by atoms with Gasteiger partial charge in [0, 0.05) is 17.3 Å². The van der Waals surface area contributed by atoms with Gasteiger partial charge in [0.2, 0.25) is 0 Å². The first kappa shape index (κ1) is 21.7. The minimum Gasteiger partial charge on any atom is -0.322 e. The highest BCUT2D eigenvalue weighted by atomic mass is 35.5. The smallest absolute Gasteiger partial charge is 0.257 e. The van der Waals surface area contributed by atoms with Gasteiger partial charge in [-0.25, -0.2) is 0 Å². The number of hydrogen-bond acceptors (Lipinski definition) is 3. The molecule has 146 valence electrons. The Hall–Kier alpha value is -1.59. The summed E-state index contributed by atoms with van der Waals surface area (Å²) in [5.41, 5.74) is 2.27. The van der Waals surface area contributed by atoms with Crippen LogP contribution in [0.2, 0.25) is 10.0 Å². The van der Waals surface area contributed by atoms with Crippen LogP contribution in [0.5, 0.6) is 0 Å². The zero-order valence-electron chi connectivity index (χ0n) is 15.9. The van der Waals surface area contributed by atoms with E-state index >= 15 is 0 Å². The minimum atomic E-state index is -0.249. The molecule has 0 bridgehead atoms. The number of benzene rings is 2. The van der Waals surface area contributed by atoms with Crippen LogP contribution < -0.4 is 10.6 Å². The van der Waals surface area contributed by atoms with Gasteiger partial charge in [-0.1, -0.05) is 49.2 Å². The number of nitrogens with zero attached hydrogens (tertiary/aromatic N) is 1. The molecule has 0 spiro atoms. The van der Waals surface area contributed by atoms with Gasteiger partial charge >= 0.3 is 0 Å². The van der Waals surface area contributed by atoms with Crippen LogP contribution in [0.25, 0.3) is 0 Å². The van der Waals surface area contributed by atoms with Crippen molar-refractivity contribution < 1.29 is 4.79 Å². The van der Waals surface area contributed by atoms with Crippen molar-refractivity contribution in [1.82, 2.24) is 10.2 Å². The largest absolute Gasteiger partial charge is 0.322 e. The molecule has 0 unspecified atom stereocenters. The fraction of sp³-hybridized carbons (Fsp3) is 0.381. The number of carbonyl (C=O) groups is 1. The molecular weight excluding hydrogens is 381 g/mol. The van der Waals surface area contributed by atoms with Crippen molar-refractivity contribution in [1.29, 1.82) is 0 Å². The highest BCUT2D eigenvalue weighted by Crippen LogP contribution is 2.22. The molecule has 0 heterocycles. The van der Waals surface area contributed by atoms with Crippen molar-refractivity contribution in [3.8, 4) is 0 Å². The molecule has 0 saturated heterocycles. The summed E-state index contributed by atoms with van der Waals surface area (Å²) in [6, 6.07) is 12.7. The van der Waals surface area contributed by atoms with Crippen molar-refractivity contribution in [3.05, 3.63) is 63.6 Å². The van der Waals surface area contributed by atoms with Gasteiger partial charge in [-0.05, 0) is 68.5 Å². The maximum atomic E-state index is 12.4. The second-order valence-electron chi connectivity index (χ2n) is 6.34. The van der Waals surface area contributed by atoms with Crippen LogP contribution in [-0.2, 0) is 6.54 Å². The Morgan fingerprint density at radius 1 is 1.07 bits per heavy atom. The zero-order chi connectivity index (χ0) is 19.6. The Labute approximate surface area is 171 Å². The third kappa shape index (κ3) is 7.15. The summed E-state index contributed by atoms with van der Waals surface area (Å²) in [5.74, 6) is -0.249. The number of anilines is 1. The molecule has 2 rings (SSSR count). The Balaban J connectivity index is 1.85. The second-order valence-corrected chi connectivity index (χ2v) is 7.18. The SMILES string of the molecule is CCN(CC)CCCNCc1cccc(NC(=O)c2ccc(Cl)cc2Cl)c1. The molecule has 0 aromatic heterocycles. The van der Waals surface area contributed by atoms with E-state index in [2.05, 4.69) is 29.4 Å². The standard InChI is InChI=1S/C21H27Cl2N3O/c1-3-26(4-2)12-6-11-24-15-16-7-5-8-18(13-16)25-21(27)19-10-9-17(22)14-20(19)23/h5,7-10,13-14,24H,3-4,6,11-12,15H2,1-2H3,(H,25,27). The lowest BCUT2D eigenvalue weighted by Crippen LogP contribution is -2.27. The molecule has 0 aliphatic carbocycles. The lowest BCUT2D eigenvalue weighted by Gasteiger charge is -2.17. The maximum absolute atomic E-state index is 12.4. The normalized spacial score (nSPS) is 11.0. The fourth-order valence-electron chi connectivity index (χ4n) is 2.83. The first-order valence-corrected chi connectivity index (χ1v) is 10.1. The molecule has 1 amide bonds. The summed E-state index contributed by atoms with van der Waals surface area (Å²) < 4.78 is 0. The van der Waals surface area contributed by atoms with E-state index in [0.717, 1.165) is 50.4 Å². The number of nitrogens with one attached hydrogen (secondary N) is 2. The van der Waals surface area contributed by atoms with E-state index in [0.29, 0.717) is 15.6 Å². The van der Waals surface area contributed by atoms with Gasteiger partial charge in [-0.3, -0.25) is 4.79 Å². The molecule has 2 aromatic carbocycles.